The van der Waals surface area contributed by atoms with E-state index < -0.39 is 0 Å². The number of carbonyl (C=O) groups excluding carboxylic acids is 1. The quantitative estimate of drug-likeness (QED) is 0.725. The van der Waals surface area contributed by atoms with Gasteiger partial charge in [0.2, 0.25) is 5.91 Å². The zero-order valence-electron chi connectivity index (χ0n) is 18.2. The van der Waals surface area contributed by atoms with Gasteiger partial charge in [-0.25, -0.2) is 0 Å². The third kappa shape index (κ3) is 6.98. The van der Waals surface area contributed by atoms with Crippen LogP contribution in [-0.4, -0.2) is 48.9 Å². The van der Waals surface area contributed by atoms with Crippen molar-refractivity contribution in [1.82, 2.24) is 9.80 Å². The lowest BCUT2D eigenvalue weighted by atomic mass is 9.96. The number of benzene rings is 2. The number of rotatable bonds is 8. The standard InChI is InChI=1S/C25H35N3O/c1-20-7-4-5-9-24(20)14-16-28-15-6-8-23(19-28)18-27(3)17-22-10-12-25(13-11-22)26-21(2)29/h4-5,7,9-13,23H,6,8,14-19H2,1-3H3,(H,26,29). The third-order valence-electron chi connectivity index (χ3n) is 5.86. The molecule has 1 fully saturated rings. The third-order valence-corrected chi connectivity index (χ3v) is 5.86. The first-order chi connectivity index (χ1) is 14.0. The first-order valence-electron chi connectivity index (χ1n) is 10.8. The van der Waals surface area contributed by atoms with Crippen molar-refractivity contribution in [2.75, 3.05) is 38.5 Å². The summed E-state index contributed by atoms with van der Waals surface area (Å²) in [6.45, 7) is 9.43. The van der Waals surface area contributed by atoms with Crippen LogP contribution < -0.4 is 5.32 Å². The SMILES string of the molecule is CC(=O)Nc1ccc(CN(C)CC2CCCN(CCc3ccccc3C)C2)cc1. The Bertz CT molecular complexity index is 787. The first kappa shape index (κ1) is 21.5. The predicted molar refractivity (Wildman–Crippen MR) is 121 cm³/mol. The largest absolute Gasteiger partial charge is 0.326 e. The molecule has 2 aromatic rings. The Labute approximate surface area is 175 Å². The molecule has 1 amide bonds. The van der Waals surface area contributed by atoms with E-state index in [0.717, 1.165) is 37.7 Å². The maximum atomic E-state index is 11.1. The highest BCUT2D eigenvalue weighted by atomic mass is 16.1. The van der Waals surface area contributed by atoms with Crippen LogP contribution in [0.4, 0.5) is 5.69 Å². The van der Waals surface area contributed by atoms with E-state index in [4.69, 9.17) is 0 Å². The van der Waals surface area contributed by atoms with Crippen molar-refractivity contribution in [1.29, 1.82) is 0 Å². The summed E-state index contributed by atoms with van der Waals surface area (Å²) >= 11 is 0. The summed E-state index contributed by atoms with van der Waals surface area (Å²) < 4.78 is 0. The van der Waals surface area contributed by atoms with Gasteiger partial charge in [-0.2, -0.15) is 0 Å². The van der Waals surface area contributed by atoms with Crippen molar-refractivity contribution in [3.63, 3.8) is 0 Å². The fourth-order valence-corrected chi connectivity index (χ4v) is 4.39. The molecule has 1 N–H and O–H groups in total. The van der Waals surface area contributed by atoms with Crippen LogP contribution in [0.3, 0.4) is 0 Å². The summed E-state index contributed by atoms with van der Waals surface area (Å²) in [6, 6.07) is 16.9. The molecule has 0 saturated carbocycles. The number of anilines is 1. The monoisotopic (exact) mass is 393 g/mol. The van der Waals surface area contributed by atoms with Gasteiger partial charge in [0, 0.05) is 38.8 Å². The molecule has 1 aliphatic rings. The van der Waals surface area contributed by atoms with Gasteiger partial charge in [0.1, 0.15) is 0 Å². The van der Waals surface area contributed by atoms with Crippen LogP contribution in [0.25, 0.3) is 0 Å². The molecule has 1 atom stereocenters. The van der Waals surface area contributed by atoms with E-state index in [1.54, 1.807) is 0 Å². The first-order valence-corrected chi connectivity index (χ1v) is 10.8. The predicted octanol–water partition coefficient (Wildman–Crippen LogP) is 4.34. The van der Waals surface area contributed by atoms with Crippen molar-refractivity contribution in [2.45, 2.75) is 39.7 Å². The van der Waals surface area contributed by atoms with E-state index in [1.807, 2.05) is 12.1 Å². The topological polar surface area (TPSA) is 35.6 Å². The second-order valence-corrected chi connectivity index (χ2v) is 8.56. The second kappa shape index (κ2) is 10.6. The minimum Gasteiger partial charge on any atom is -0.326 e. The number of hydrogen-bond acceptors (Lipinski definition) is 3. The van der Waals surface area contributed by atoms with Crippen LogP contribution >= 0.6 is 0 Å². The van der Waals surface area contributed by atoms with Gasteiger partial charge in [0.25, 0.3) is 0 Å². The number of amides is 1. The molecule has 1 saturated heterocycles. The van der Waals surface area contributed by atoms with Gasteiger partial charge in [-0.15, -0.1) is 0 Å². The minimum atomic E-state index is -0.0286. The van der Waals surface area contributed by atoms with Crippen LogP contribution in [0.1, 0.15) is 36.5 Å². The number of likely N-dealkylation sites (tertiary alicyclic amines) is 1. The molecular formula is C25H35N3O. The number of piperidine rings is 1. The highest BCUT2D eigenvalue weighted by Gasteiger charge is 2.21. The molecule has 2 aromatic carbocycles. The fraction of sp³-hybridized carbons (Fsp3) is 0.480. The van der Waals surface area contributed by atoms with E-state index in [9.17, 15) is 4.79 Å². The normalized spacial score (nSPS) is 17.4. The van der Waals surface area contributed by atoms with Gasteiger partial charge >= 0.3 is 0 Å². The van der Waals surface area contributed by atoms with Gasteiger partial charge in [0.05, 0.1) is 0 Å². The average Bonchev–Trinajstić information content (AvgIpc) is 2.69. The van der Waals surface area contributed by atoms with Crippen LogP contribution in [0.15, 0.2) is 48.5 Å². The Kier molecular flexibility index (Phi) is 7.84. The Morgan fingerprint density at radius 3 is 2.66 bits per heavy atom. The molecule has 4 heteroatoms. The number of nitrogens with one attached hydrogen (secondary N) is 1. The summed E-state index contributed by atoms with van der Waals surface area (Å²) in [7, 11) is 2.22. The summed E-state index contributed by atoms with van der Waals surface area (Å²) in [5.41, 5.74) is 5.04. The van der Waals surface area contributed by atoms with Crippen molar-refractivity contribution >= 4 is 11.6 Å². The lowest BCUT2D eigenvalue weighted by Crippen LogP contribution is -2.40. The lowest BCUT2D eigenvalue weighted by molar-refractivity contribution is -0.114. The van der Waals surface area contributed by atoms with E-state index in [-0.39, 0.29) is 5.91 Å². The zero-order valence-corrected chi connectivity index (χ0v) is 18.2. The molecule has 4 nitrogen and oxygen atoms in total. The van der Waals surface area contributed by atoms with Gasteiger partial charge in [0.15, 0.2) is 0 Å². The molecule has 29 heavy (non-hydrogen) atoms. The van der Waals surface area contributed by atoms with E-state index >= 15 is 0 Å². The Balaban J connectivity index is 1.44. The molecule has 1 unspecified atom stereocenters. The molecule has 0 aliphatic carbocycles. The van der Waals surface area contributed by atoms with Crippen LogP contribution in [0.2, 0.25) is 0 Å². The van der Waals surface area contributed by atoms with Crippen molar-refractivity contribution in [3.05, 3.63) is 65.2 Å². The van der Waals surface area contributed by atoms with Gasteiger partial charge in [-0.1, -0.05) is 36.4 Å². The highest BCUT2D eigenvalue weighted by molar-refractivity contribution is 5.88. The Morgan fingerprint density at radius 2 is 1.93 bits per heavy atom. The molecule has 1 aliphatic heterocycles. The summed E-state index contributed by atoms with van der Waals surface area (Å²) in [5, 5.41) is 2.82. The van der Waals surface area contributed by atoms with Crippen LogP contribution in [0.5, 0.6) is 0 Å². The van der Waals surface area contributed by atoms with Crippen LogP contribution in [-0.2, 0) is 17.8 Å². The van der Waals surface area contributed by atoms with Crippen molar-refractivity contribution < 1.29 is 4.79 Å². The summed E-state index contributed by atoms with van der Waals surface area (Å²) in [6.07, 6.45) is 3.78. The Morgan fingerprint density at radius 1 is 1.17 bits per heavy atom. The van der Waals surface area contributed by atoms with Gasteiger partial charge in [-0.3, -0.25) is 4.79 Å². The number of hydrogen-bond donors (Lipinski definition) is 1. The lowest BCUT2D eigenvalue weighted by Gasteiger charge is -2.35. The zero-order chi connectivity index (χ0) is 20.6. The van der Waals surface area contributed by atoms with Gasteiger partial charge in [-0.05, 0) is 74.5 Å². The summed E-state index contributed by atoms with van der Waals surface area (Å²) in [4.78, 5) is 16.2. The molecule has 1 heterocycles. The molecule has 0 aromatic heterocycles. The molecule has 0 spiro atoms. The molecule has 3 rings (SSSR count). The van der Waals surface area contributed by atoms with Gasteiger partial charge < -0.3 is 15.1 Å². The minimum absolute atomic E-state index is 0.0286. The van der Waals surface area contributed by atoms with Crippen molar-refractivity contribution in [3.8, 4) is 0 Å². The molecular weight excluding hydrogens is 358 g/mol. The number of aryl methyl sites for hydroxylation is 1. The number of nitrogens with zero attached hydrogens (tertiary/aromatic N) is 2. The smallest absolute Gasteiger partial charge is 0.221 e. The molecule has 0 bridgehead atoms. The van der Waals surface area contributed by atoms with E-state index in [2.05, 4.69) is 65.5 Å². The average molecular weight is 394 g/mol. The van der Waals surface area contributed by atoms with Crippen LogP contribution in [0, 0.1) is 12.8 Å². The highest BCUT2D eigenvalue weighted by Crippen LogP contribution is 2.19. The molecule has 156 valence electrons. The fourth-order valence-electron chi connectivity index (χ4n) is 4.39. The summed E-state index contributed by atoms with van der Waals surface area (Å²) in [5.74, 6) is 0.711. The second-order valence-electron chi connectivity index (χ2n) is 8.56. The molecule has 0 radical (unpaired) electrons. The number of carbonyl (C=O) groups is 1. The Hall–Kier alpha value is -2.17. The van der Waals surface area contributed by atoms with E-state index in [1.165, 1.54) is 49.5 Å². The van der Waals surface area contributed by atoms with Crippen molar-refractivity contribution in [2.24, 2.45) is 5.92 Å². The maximum Gasteiger partial charge on any atom is 0.221 e. The van der Waals surface area contributed by atoms with E-state index in [0.29, 0.717) is 0 Å². The maximum absolute atomic E-state index is 11.1.